The monoisotopic (exact) mass is 307 g/mol. The van der Waals surface area contributed by atoms with Crippen molar-refractivity contribution in [3.63, 3.8) is 0 Å². The summed E-state index contributed by atoms with van der Waals surface area (Å²) < 4.78 is 0. The smallest absolute Gasteiger partial charge is 0.231 e. The van der Waals surface area contributed by atoms with E-state index in [4.69, 9.17) is 0 Å². The van der Waals surface area contributed by atoms with Crippen molar-refractivity contribution in [2.24, 2.45) is 0 Å². The molecular formula is C13H21N7S. The van der Waals surface area contributed by atoms with Gasteiger partial charge in [-0.15, -0.1) is 11.3 Å². The van der Waals surface area contributed by atoms with Crippen LogP contribution in [0.1, 0.15) is 19.5 Å². The Morgan fingerprint density at radius 1 is 1.14 bits per heavy atom. The van der Waals surface area contributed by atoms with Crippen molar-refractivity contribution in [2.75, 3.05) is 42.2 Å². The third-order valence-corrected chi connectivity index (χ3v) is 3.68. The predicted molar refractivity (Wildman–Crippen MR) is 87.2 cm³/mol. The Morgan fingerprint density at radius 2 is 1.90 bits per heavy atom. The van der Waals surface area contributed by atoms with Crippen molar-refractivity contribution < 1.29 is 0 Å². The van der Waals surface area contributed by atoms with Gasteiger partial charge in [-0.3, -0.25) is 0 Å². The first-order valence-corrected chi connectivity index (χ1v) is 8.00. The first-order chi connectivity index (χ1) is 10.3. The molecule has 0 bridgehead atoms. The summed E-state index contributed by atoms with van der Waals surface area (Å²) in [5.74, 6) is 1.85. The number of anilines is 3. The van der Waals surface area contributed by atoms with Gasteiger partial charge in [0.05, 0.1) is 11.2 Å². The van der Waals surface area contributed by atoms with Crippen LogP contribution in [0.2, 0.25) is 0 Å². The molecule has 0 saturated carbocycles. The molecule has 0 aliphatic rings. The number of hydrogen-bond donors (Lipinski definition) is 2. The number of nitrogens with zero attached hydrogens (tertiary/aromatic N) is 5. The largest absolute Gasteiger partial charge is 0.357 e. The normalized spacial score (nSPS) is 10.4. The van der Waals surface area contributed by atoms with Crippen molar-refractivity contribution in [3.05, 3.63) is 16.6 Å². The summed E-state index contributed by atoms with van der Waals surface area (Å²) in [6, 6.07) is 0. The van der Waals surface area contributed by atoms with E-state index in [1.54, 1.807) is 18.4 Å². The molecule has 0 fully saturated rings. The maximum Gasteiger partial charge on any atom is 0.231 e. The van der Waals surface area contributed by atoms with Gasteiger partial charge in [-0.05, 0) is 13.8 Å². The molecule has 0 aromatic carbocycles. The number of thiazole rings is 1. The highest BCUT2D eigenvalue weighted by Crippen LogP contribution is 2.13. The fourth-order valence-electron chi connectivity index (χ4n) is 1.87. The van der Waals surface area contributed by atoms with Crippen LogP contribution in [0.5, 0.6) is 0 Å². The van der Waals surface area contributed by atoms with Crippen molar-refractivity contribution in [1.82, 2.24) is 19.9 Å². The molecule has 0 radical (unpaired) electrons. The summed E-state index contributed by atoms with van der Waals surface area (Å²) in [6.45, 7) is 6.64. The number of aromatic nitrogens is 4. The summed E-state index contributed by atoms with van der Waals surface area (Å²) in [5.41, 5.74) is 2.93. The Labute approximate surface area is 128 Å². The summed E-state index contributed by atoms with van der Waals surface area (Å²) in [6.07, 6.45) is 0.852. The molecule has 7 nitrogen and oxygen atoms in total. The molecule has 0 aliphatic carbocycles. The van der Waals surface area contributed by atoms with Gasteiger partial charge in [-0.2, -0.15) is 15.0 Å². The lowest BCUT2D eigenvalue weighted by Gasteiger charge is -2.19. The first-order valence-electron chi connectivity index (χ1n) is 7.06. The Hall–Kier alpha value is -1.96. The van der Waals surface area contributed by atoms with Crippen molar-refractivity contribution in [2.45, 2.75) is 20.3 Å². The van der Waals surface area contributed by atoms with E-state index < -0.39 is 0 Å². The lowest BCUT2D eigenvalue weighted by atomic mass is 10.3. The van der Waals surface area contributed by atoms with Crippen LogP contribution in [-0.2, 0) is 6.42 Å². The summed E-state index contributed by atoms with van der Waals surface area (Å²) in [5, 5.41) is 8.26. The molecule has 114 valence electrons. The van der Waals surface area contributed by atoms with E-state index in [-0.39, 0.29) is 0 Å². The van der Waals surface area contributed by atoms with E-state index in [2.05, 4.69) is 54.7 Å². The third kappa shape index (κ3) is 4.25. The van der Waals surface area contributed by atoms with Crippen LogP contribution in [0.25, 0.3) is 0 Å². The van der Waals surface area contributed by atoms with Crippen LogP contribution in [0.3, 0.4) is 0 Å². The summed E-state index contributed by atoms with van der Waals surface area (Å²) in [7, 11) is 1.81. The van der Waals surface area contributed by atoms with Crippen LogP contribution in [0.4, 0.5) is 17.8 Å². The lowest BCUT2D eigenvalue weighted by Crippen LogP contribution is -2.25. The third-order valence-electron chi connectivity index (χ3n) is 3.04. The predicted octanol–water partition coefficient (Wildman–Crippen LogP) is 1.87. The molecule has 0 unspecified atom stereocenters. The molecule has 2 aromatic heterocycles. The summed E-state index contributed by atoms with van der Waals surface area (Å²) >= 11 is 1.61. The molecule has 0 amide bonds. The van der Waals surface area contributed by atoms with Crippen LogP contribution in [0.15, 0.2) is 10.9 Å². The van der Waals surface area contributed by atoms with Gasteiger partial charge in [0.2, 0.25) is 17.8 Å². The SMILES string of the molecule is CCN(CC)c1nc(NC)nc(NCCc2cscn2)n1. The second-order valence-electron chi connectivity index (χ2n) is 4.36. The highest BCUT2D eigenvalue weighted by Gasteiger charge is 2.10. The number of rotatable bonds is 8. The molecule has 0 saturated heterocycles. The Morgan fingerprint density at radius 3 is 2.52 bits per heavy atom. The molecule has 21 heavy (non-hydrogen) atoms. The molecule has 2 heterocycles. The average Bonchev–Trinajstić information content (AvgIpc) is 3.01. The zero-order chi connectivity index (χ0) is 15.1. The van der Waals surface area contributed by atoms with Crippen LogP contribution < -0.4 is 15.5 Å². The standard InChI is InChI=1S/C13H21N7S/c1-4-20(5-2)13-18-11(14-3)17-12(19-13)15-7-6-10-8-21-9-16-10/h8-9H,4-7H2,1-3H3,(H2,14,15,17,18,19). The van der Waals surface area contributed by atoms with Gasteiger partial charge in [-0.25, -0.2) is 4.98 Å². The maximum absolute atomic E-state index is 4.48. The van der Waals surface area contributed by atoms with Crippen LogP contribution >= 0.6 is 11.3 Å². The molecule has 0 spiro atoms. The second-order valence-corrected chi connectivity index (χ2v) is 5.08. The van der Waals surface area contributed by atoms with Crippen molar-refractivity contribution in [1.29, 1.82) is 0 Å². The molecule has 8 heteroatoms. The minimum absolute atomic E-state index is 0.572. The molecule has 0 aliphatic heterocycles. The van der Waals surface area contributed by atoms with Crippen LogP contribution in [-0.4, -0.2) is 46.6 Å². The second kappa shape index (κ2) is 7.72. The molecular weight excluding hydrogens is 286 g/mol. The topological polar surface area (TPSA) is 78.9 Å². The molecule has 2 aromatic rings. The van der Waals surface area contributed by atoms with Crippen molar-refractivity contribution >= 4 is 29.2 Å². The van der Waals surface area contributed by atoms with Gasteiger partial charge in [0.15, 0.2) is 0 Å². The minimum Gasteiger partial charge on any atom is -0.357 e. The minimum atomic E-state index is 0.572. The lowest BCUT2D eigenvalue weighted by molar-refractivity contribution is 0.811. The van der Waals surface area contributed by atoms with E-state index >= 15 is 0 Å². The quantitative estimate of drug-likeness (QED) is 0.770. The number of nitrogens with one attached hydrogen (secondary N) is 2. The molecule has 0 atom stereocenters. The van der Waals surface area contributed by atoms with Gasteiger partial charge in [0, 0.05) is 38.5 Å². The average molecular weight is 307 g/mol. The van der Waals surface area contributed by atoms with Gasteiger partial charge in [-0.1, -0.05) is 0 Å². The maximum atomic E-state index is 4.48. The van der Waals surface area contributed by atoms with Crippen LogP contribution in [0, 0.1) is 0 Å². The molecule has 2 N–H and O–H groups in total. The van der Waals surface area contributed by atoms with E-state index in [0.717, 1.165) is 31.7 Å². The van der Waals surface area contributed by atoms with E-state index in [1.165, 1.54) is 0 Å². The van der Waals surface area contributed by atoms with Gasteiger partial charge < -0.3 is 15.5 Å². The van der Waals surface area contributed by atoms with Gasteiger partial charge in [0.25, 0.3) is 0 Å². The highest BCUT2D eigenvalue weighted by atomic mass is 32.1. The van der Waals surface area contributed by atoms with E-state index in [9.17, 15) is 0 Å². The van der Waals surface area contributed by atoms with Gasteiger partial charge >= 0.3 is 0 Å². The zero-order valence-electron chi connectivity index (χ0n) is 12.6. The first kappa shape index (κ1) is 15.4. The fraction of sp³-hybridized carbons (Fsp3) is 0.538. The Balaban J connectivity index is 2.05. The highest BCUT2D eigenvalue weighted by molar-refractivity contribution is 7.07. The van der Waals surface area contributed by atoms with E-state index in [0.29, 0.717) is 17.8 Å². The van der Waals surface area contributed by atoms with E-state index in [1.807, 2.05) is 5.51 Å². The summed E-state index contributed by atoms with van der Waals surface area (Å²) in [4.78, 5) is 19.6. The van der Waals surface area contributed by atoms with Crippen molar-refractivity contribution in [3.8, 4) is 0 Å². The Bertz CT molecular complexity index is 539. The zero-order valence-corrected chi connectivity index (χ0v) is 13.4. The fourth-order valence-corrected chi connectivity index (χ4v) is 2.46. The number of hydrogen-bond acceptors (Lipinski definition) is 8. The van der Waals surface area contributed by atoms with Gasteiger partial charge in [0.1, 0.15) is 0 Å². The molecule has 2 rings (SSSR count). The Kier molecular flexibility index (Phi) is 5.68.